The van der Waals surface area contributed by atoms with Gasteiger partial charge in [0.05, 0.1) is 11.3 Å². The molecule has 0 aromatic heterocycles. The second-order valence-corrected chi connectivity index (χ2v) is 11.3. The van der Waals surface area contributed by atoms with Crippen LogP contribution in [-0.2, 0) is 11.3 Å². The minimum atomic E-state index is -0.587. The van der Waals surface area contributed by atoms with E-state index in [-0.39, 0.29) is 22.9 Å². The van der Waals surface area contributed by atoms with Gasteiger partial charge >= 0.3 is 0 Å². The summed E-state index contributed by atoms with van der Waals surface area (Å²) in [5.74, 6) is -1.38. The van der Waals surface area contributed by atoms with Gasteiger partial charge in [0.15, 0.2) is 5.76 Å². The van der Waals surface area contributed by atoms with E-state index < -0.39 is 18.0 Å². The van der Waals surface area contributed by atoms with Gasteiger partial charge < -0.3 is 38.0 Å². The van der Waals surface area contributed by atoms with Crippen molar-refractivity contribution < 1.29 is 24.6 Å². The molecule has 2 aliphatic carbocycles. The SMILES string of the molecule is CC(O)NCc1ccc(NC(=O)C2=CCC3=C(C=CC=CC3)C(N)=C2O)cc1.Cc1ccc(C(=O)Nc2ccc(C(N)=O)cc2)cc1N. The third-order valence-electron chi connectivity index (χ3n) is 7.63. The summed E-state index contributed by atoms with van der Waals surface area (Å²) < 4.78 is 0. The van der Waals surface area contributed by atoms with Gasteiger partial charge in [-0.3, -0.25) is 19.7 Å². The van der Waals surface area contributed by atoms with Gasteiger partial charge in [0, 0.05) is 40.3 Å². The van der Waals surface area contributed by atoms with Gasteiger partial charge in [0.1, 0.15) is 6.23 Å². The average molecular weight is 649 g/mol. The molecule has 3 amide bonds. The monoisotopic (exact) mass is 648 g/mol. The Morgan fingerprint density at radius 1 is 0.854 bits per heavy atom. The first kappa shape index (κ1) is 35.0. The maximum Gasteiger partial charge on any atom is 0.259 e. The summed E-state index contributed by atoms with van der Waals surface area (Å²) in [5.41, 5.74) is 23.8. The first-order chi connectivity index (χ1) is 22.9. The van der Waals surface area contributed by atoms with Crippen molar-refractivity contribution in [2.24, 2.45) is 11.5 Å². The molecule has 0 bridgehead atoms. The minimum Gasteiger partial charge on any atom is -0.505 e. The highest BCUT2D eigenvalue weighted by molar-refractivity contribution is 6.07. The van der Waals surface area contributed by atoms with Crippen LogP contribution in [0, 0.1) is 6.92 Å². The molecular weight excluding hydrogens is 608 g/mol. The number of anilines is 3. The lowest BCUT2D eigenvalue weighted by atomic mass is 10.0. The summed E-state index contributed by atoms with van der Waals surface area (Å²) in [5, 5.41) is 28.3. The highest BCUT2D eigenvalue weighted by atomic mass is 16.3. The Hall–Kier alpha value is -5.91. The molecule has 2 aliphatic rings. The fourth-order valence-corrected chi connectivity index (χ4v) is 4.81. The predicted octanol–water partition coefficient (Wildman–Crippen LogP) is 4.85. The van der Waals surface area contributed by atoms with E-state index in [0.717, 1.165) is 28.7 Å². The molecule has 0 saturated carbocycles. The number of amides is 3. The number of allylic oxidation sites excluding steroid dienone is 6. The van der Waals surface area contributed by atoms with Crippen LogP contribution in [0.4, 0.5) is 17.1 Å². The zero-order chi connectivity index (χ0) is 34.8. The molecule has 48 heavy (non-hydrogen) atoms. The van der Waals surface area contributed by atoms with Crippen LogP contribution < -0.4 is 33.2 Å². The van der Waals surface area contributed by atoms with Crippen molar-refractivity contribution in [3.63, 3.8) is 0 Å². The number of carbonyl (C=O) groups is 3. The van der Waals surface area contributed by atoms with E-state index in [9.17, 15) is 24.6 Å². The number of carbonyl (C=O) groups excluding carboxylic acids is 3. The van der Waals surface area contributed by atoms with Gasteiger partial charge in [-0.1, -0.05) is 54.2 Å². The molecule has 11 nitrogen and oxygen atoms in total. The van der Waals surface area contributed by atoms with Crippen LogP contribution >= 0.6 is 0 Å². The molecular formula is C37H40N6O5. The third-order valence-corrected chi connectivity index (χ3v) is 7.63. The Morgan fingerprint density at radius 2 is 1.48 bits per heavy atom. The normalized spacial score (nSPS) is 14.4. The number of aliphatic hydroxyl groups is 2. The first-order valence-corrected chi connectivity index (χ1v) is 15.3. The van der Waals surface area contributed by atoms with Gasteiger partial charge in [0.2, 0.25) is 5.91 Å². The van der Waals surface area contributed by atoms with Crippen molar-refractivity contribution in [1.29, 1.82) is 0 Å². The standard InChI is InChI=1S/C22H25N3O3.C15H15N3O2/c1-14(26)24-13-15-7-10-17(11-8-15)25-22(28)19-12-9-16-5-3-2-4-6-18(16)20(23)21(19)27;1-9-2-3-11(8-13(9)16)15(20)18-12-6-4-10(5-7-12)14(17)19/h2-4,6-8,10-12,14,24,26-27H,5,9,13,23H2,1H3,(H,25,28);2-8H,16H2,1H3,(H2,17,19)(H,18,20). The van der Waals surface area contributed by atoms with Crippen molar-refractivity contribution in [1.82, 2.24) is 5.32 Å². The van der Waals surface area contributed by atoms with E-state index in [4.69, 9.17) is 17.2 Å². The predicted molar refractivity (Wildman–Crippen MR) is 189 cm³/mol. The molecule has 0 radical (unpaired) electrons. The van der Waals surface area contributed by atoms with Gasteiger partial charge in [-0.25, -0.2) is 0 Å². The number of benzene rings is 3. The molecule has 1 atom stereocenters. The van der Waals surface area contributed by atoms with Gasteiger partial charge in [-0.05, 0) is 86.3 Å². The van der Waals surface area contributed by atoms with E-state index >= 15 is 0 Å². The average Bonchev–Trinajstić information content (AvgIpc) is 3.37. The maximum atomic E-state index is 12.7. The molecule has 3 aromatic rings. The zero-order valence-electron chi connectivity index (χ0n) is 26.8. The van der Waals surface area contributed by atoms with Crippen LogP contribution in [-0.4, -0.2) is 34.2 Å². The number of hydrogen-bond acceptors (Lipinski definition) is 8. The zero-order valence-corrected chi connectivity index (χ0v) is 26.8. The maximum absolute atomic E-state index is 12.7. The second-order valence-electron chi connectivity index (χ2n) is 11.3. The van der Waals surface area contributed by atoms with Crippen molar-refractivity contribution in [2.75, 3.05) is 16.4 Å². The smallest absolute Gasteiger partial charge is 0.259 e. The van der Waals surface area contributed by atoms with Crippen LogP contribution in [0.25, 0.3) is 0 Å². The summed E-state index contributed by atoms with van der Waals surface area (Å²) in [4.78, 5) is 35.7. The number of primary amides is 1. The van der Waals surface area contributed by atoms with Gasteiger partial charge in [-0.15, -0.1) is 0 Å². The largest absolute Gasteiger partial charge is 0.505 e. The molecule has 248 valence electrons. The summed E-state index contributed by atoms with van der Waals surface area (Å²) in [6.45, 7) is 4.05. The molecule has 5 rings (SSSR count). The fraction of sp³-hybridized carbons (Fsp3) is 0.162. The number of rotatable bonds is 8. The lowest BCUT2D eigenvalue weighted by molar-refractivity contribution is -0.112. The van der Waals surface area contributed by atoms with E-state index in [1.165, 1.54) is 0 Å². The summed E-state index contributed by atoms with van der Waals surface area (Å²) in [7, 11) is 0. The second kappa shape index (κ2) is 16.1. The molecule has 0 fully saturated rings. The summed E-state index contributed by atoms with van der Waals surface area (Å²) in [6, 6.07) is 18.8. The van der Waals surface area contributed by atoms with Crippen molar-refractivity contribution in [3.8, 4) is 0 Å². The molecule has 0 heterocycles. The number of nitrogens with one attached hydrogen (secondary N) is 3. The van der Waals surface area contributed by atoms with Crippen LogP contribution in [0.2, 0.25) is 0 Å². The lowest BCUT2D eigenvalue weighted by Gasteiger charge is -2.11. The van der Waals surface area contributed by atoms with E-state index in [0.29, 0.717) is 41.2 Å². The van der Waals surface area contributed by atoms with Crippen LogP contribution in [0.5, 0.6) is 0 Å². The molecule has 11 heteroatoms. The fourth-order valence-electron chi connectivity index (χ4n) is 4.81. The summed E-state index contributed by atoms with van der Waals surface area (Å²) in [6.07, 6.45) is 10.1. The van der Waals surface area contributed by atoms with Crippen molar-refractivity contribution in [2.45, 2.75) is 39.5 Å². The Kier molecular flexibility index (Phi) is 11.7. The Balaban J connectivity index is 0.000000229. The minimum absolute atomic E-state index is 0.169. The Bertz CT molecular complexity index is 1830. The molecule has 0 spiro atoms. The Labute approximate surface area is 279 Å². The number of aliphatic hydroxyl groups excluding tert-OH is 2. The molecule has 11 N–H and O–H groups in total. The quantitative estimate of drug-likeness (QED) is 0.125. The van der Waals surface area contributed by atoms with E-state index in [2.05, 4.69) is 16.0 Å². The van der Waals surface area contributed by atoms with Crippen molar-refractivity contribution >= 4 is 34.8 Å². The highest BCUT2D eigenvalue weighted by Crippen LogP contribution is 2.30. The lowest BCUT2D eigenvalue weighted by Crippen LogP contribution is -2.24. The van der Waals surface area contributed by atoms with Gasteiger partial charge in [0.25, 0.3) is 11.8 Å². The van der Waals surface area contributed by atoms with Crippen LogP contribution in [0.1, 0.15) is 51.6 Å². The summed E-state index contributed by atoms with van der Waals surface area (Å²) >= 11 is 0. The molecule has 0 saturated heterocycles. The van der Waals surface area contributed by atoms with Crippen molar-refractivity contribution in [3.05, 3.63) is 148 Å². The number of nitrogens with two attached hydrogens (primary N) is 3. The van der Waals surface area contributed by atoms with Crippen LogP contribution in [0.3, 0.4) is 0 Å². The van der Waals surface area contributed by atoms with Gasteiger partial charge in [-0.2, -0.15) is 0 Å². The molecule has 1 unspecified atom stereocenters. The number of nitrogen functional groups attached to an aromatic ring is 1. The number of aryl methyl sites for hydroxylation is 1. The topological polar surface area (TPSA) is 206 Å². The number of hydrogen-bond donors (Lipinski definition) is 8. The highest BCUT2D eigenvalue weighted by Gasteiger charge is 2.23. The Morgan fingerprint density at radius 3 is 2.10 bits per heavy atom. The molecule has 0 aliphatic heterocycles. The first-order valence-electron chi connectivity index (χ1n) is 15.3. The van der Waals surface area contributed by atoms with Crippen LogP contribution in [0.15, 0.2) is 125 Å². The van der Waals surface area contributed by atoms with E-state index in [1.807, 2.05) is 43.4 Å². The third kappa shape index (κ3) is 9.32. The van der Waals surface area contributed by atoms with E-state index in [1.54, 1.807) is 67.6 Å². The molecule has 3 aromatic carbocycles.